The van der Waals surface area contributed by atoms with Crippen molar-refractivity contribution in [3.8, 4) is 0 Å². The number of hydrogen-bond donors (Lipinski definition) is 0. The highest BCUT2D eigenvalue weighted by Crippen LogP contribution is 2.49. The second-order valence-corrected chi connectivity index (χ2v) is 5.32. The van der Waals surface area contributed by atoms with Crippen LogP contribution in [0.3, 0.4) is 0 Å². The van der Waals surface area contributed by atoms with E-state index >= 15 is 0 Å². The van der Waals surface area contributed by atoms with Crippen LogP contribution in [0.1, 0.15) is 79.1 Å². The minimum absolute atomic E-state index is 0.0101. The van der Waals surface area contributed by atoms with E-state index in [0.717, 1.165) is 44.3 Å². The molecule has 1 saturated heterocycles. The fourth-order valence-electron chi connectivity index (χ4n) is 2.76. The number of rotatable bonds is 8. The molecular weight excluding hydrogens is 224 g/mol. The van der Waals surface area contributed by atoms with Gasteiger partial charge in [-0.15, -0.1) is 0 Å². The van der Waals surface area contributed by atoms with E-state index < -0.39 is 0 Å². The van der Waals surface area contributed by atoms with Gasteiger partial charge in [0.05, 0.1) is 0 Å². The van der Waals surface area contributed by atoms with Gasteiger partial charge in [0.15, 0.2) is 0 Å². The zero-order valence-electron chi connectivity index (χ0n) is 12.5. The third-order valence-corrected chi connectivity index (χ3v) is 4.16. The molecule has 0 aromatic carbocycles. The molecule has 1 fully saturated rings. The number of hydrogen-bond acceptors (Lipinski definition) is 2. The van der Waals surface area contributed by atoms with Gasteiger partial charge in [-0.2, -0.15) is 0 Å². The van der Waals surface area contributed by atoms with E-state index in [1.54, 1.807) is 0 Å². The van der Waals surface area contributed by atoms with Crippen molar-refractivity contribution in [2.75, 3.05) is 0 Å². The second-order valence-electron chi connectivity index (χ2n) is 5.32. The first-order chi connectivity index (χ1) is 8.66. The van der Waals surface area contributed by atoms with Gasteiger partial charge in [0.25, 0.3) is 0 Å². The van der Waals surface area contributed by atoms with Crippen molar-refractivity contribution >= 4 is 5.97 Å². The number of esters is 1. The molecule has 104 valence electrons. The average molecular weight is 252 g/mol. The van der Waals surface area contributed by atoms with E-state index in [0.29, 0.717) is 0 Å². The summed E-state index contributed by atoms with van der Waals surface area (Å²) >= 11 is 0. The molecule has 0 bridgehead atoms. The van der Waals surface area contributed by atoms with Crippen LogP contribution in [0.15, 0.2) is 11.3 Å². The highest BCUT2D eigenvalue weighted by molar-refractivity contribution is 5.88. The van der Waals surface area contributed by atoms with E-state index in [4.69, 9.17) is 4.74 Å². The Hall–Kier alpha value is -0.790. The SMILES string of the molecule is CCCCC(CC)=C1OC(=O)C1(CC)CCCC. The van der Waals surface area contributed by atoms with Crippen molar-refractivity contribution in [1.29, 1.82) is 0 Å². The van der Waals surface area contributed by atoms with Gasteiger partial charge in [-0.05, 0) is 37.7 Å². The number of carbonyl (C=O) groups excluding carboxylic acids is 1. The highest BCUT2D eigenvalue weighted by atomic mass is 16.6. The van der Waals surface area contributed by atoms with E-state index in [1.807, 2.05) is 0 Å². The van der Waals surface area contributed by atoms with Crippen molar-refractivity contribution in [3.63, 3.8) is 0 Å². The van der Waals surface area contributed by atoms with E-state index in [-0.39, 0.29) is 11.4 Å². The standard InChI is InChI=1S/C16H28O2/c1-5-9-11-13(7-3)14-16(8-4,12-10-6-2)15(17)18-14/h5-12H2,1-4H3. The number of unbranched alkanes of at least 4 members (excludes halogenated alkanes) is 2. The van der Waals surface area contributed by atoms with Crippen LogP contribution >= 0.6 is 0 Å². The molecule has 0 aromatic heterocycles. The molecule has 0 radical (unpaired) electrons. The molecule has 1 unspecified atom stereocenters. The first-order valence-corrected chi connectivity index (χ1v) is 7.61. The van der Waals surface area contributed by atoms with Gasteiger partial charge >= 0.3 is 5.97 Å². The summed E-state index contributed by atoms with van der Waals surface area (Å²) in [4.78, 5) is 11.9. The van der Waals surface area contributed by atoms with Gasteiger partial charge in [-0.25, -0.2) is 0 Å². The van der Waals surface area contributed by atoms with Gasteiger partial charge < -0.3 is 4.74 Å². The first kappa shape index (κ1) is 15.3. The predicted octanol–water partition coefficient (Wildman–Crippen LogP) is 4.98. The lowest BCUT2D eigenvalue weighted by molar-refractivity contribution is -0.171. The molecule has 18 heavy (non-hydrogen) atoms. The molecule has 1 atom stereocenters. The van der Waals surface area contributed by atoms with Crippen LogP contribution in [0.4, 0.5) is 0 Å². The molecule has 1 aliphatic rings. The quantitative estimate of drug-likeness (QED) is 0.569. The molecule has 0 aliphatic carbocycles. The fourth-order valence-corrected chi connectivity index (χ4v) is 2.76. The van der Waals surface area contributed by atoms with Crippen molar-refractivity contribution in [2.24, 2.45) is 5.41 Å². The minimum Gasteiger partial charge on any atom is -0.429 e. The van der Waals surface area contributed by atoms with Crippen molar-refractivity contribution in [3.05, 3.63) is 11.3 Å². The molecule has 0 saturated carbocycles. The Morgan fingerprint density at radius 3 is 2.22 bits per heavy atom. The molecule has 1 heterocycles. The summed E-state index contributed by atoms with van der Waals surface area (Å²) in [5, 5.41) is 0. The van der Waals surface area contributed by atoms with Crippen LogP contribution < -0.4 is 0 Å². The van der Waals surface area contributed by atoms with Crippen molar-refractivity contribution < 1.29 is 9.53 Å². The first-order valence-electron chi connectivity index (χ1n) is 7.61. The molecule has 2 heteroatoms. The van der Waals surface area contributed by atoms with Gasteiger partial charge in [-0.3, -0.25) is 4.79 Å². The summed E-state index contributed by atoms with van der Waals surface area (Å²) in [5.74, 6) is 1.04. The molecule has 2 nitrogen and oxygen atoms in total. The topological polar surface area (TPSA) is 26.3 Å². The third kappa shape index (κ3) is 2.78. The Bertz CT molecular complexity index is 317. The fraction of sp³-hybridized carbons (Fsp3) is 0.812. The summed E-state index contributed by atoms with van der Waals surface area (Å²) in [7, 11) is 0. The Morgan fingerprint density at radius 1 is 1.11 bits per heavy atom. The molecular formula is C16H28O2. The van der Waals surface area contributed by atoms with E-state index in [2.05, 4.69) is 27.7 Å². The van der Waals surface area contributed by atoms with Crippen LogP contribution in [-0.4, -0.2) is 5.97 Å². The Morgan fingerprint density at radius 2 is 1.78 bits per heavy atom. The Labute approximate surface area is 112 Å². The average Bonchev–Trinajstić information content (AvgIpc) is 2.39. The number of allylic oxidation sites excluding steroid dienone is 1. The minimum atomic E-state index is -0.269. The largest absolute Gasteiger partial charge is 0.429 e. The molecule has 0 N–H and O–H groups in total. The van der Waals surface area contributed by atoms with Gasteiger partial charge in [0.2, 0.25) is 0 Å². The molecule has 0 amide bonds. The zero-order chi connectivity index (χ0) is 13.6. The van der Waals surface area contributed by atoms with Crippen LogP contribution in [0.2, 0.25) is 0 Å². The molecule has 0 aromatic rings. The summed E-state index contributed by atoms with van der Waals surface area (Å²) in [6, 6.07) is 0. The maximum Gasteiger partial charge on any atom is 0.324 e. The highest BCUT2D eigenvalue weighted by Gasteiger charge is 2.53. The number of carbonyl (C=O) groups is 1. The van der Waals surface area contributed by atoms with Crippen molar-refractivity contribution in [2.45, 2.75) is 79.1 Å². The summed E-state index contributed by atoms with van der Waals surface area (Å²) in [6.45, 7) is 8.66. The Balaban J connectivity index is 2.91. The summed E-state index contributed by atoms with van der Waals surface area (Å²) in [5.41, 5.74) is 1.10. The summed E-state index contributed by atoms with van der Waals surface area (Å²) < 4.78 is 5.43. The predicted molar refractivity (Wildman–Crippen MR) is 75.2 cm³/mol. The third-order valence-electron chi connectivity index (χ3n) is 4.16. The molecule has 1 rings (SSSR count). The number of ether oxygens (including phenoxy) is 1. The van der Waals surface area contributed by atoms with Crippen LogP contribution in [0.5, 0.6) is 0 Å². The lowest BCUT2D eigenvalue weighted by Gasteiger charge is -2.42. The van der Waals surface area contributed by atoms with Crippen LogP contribution in [0.25, 0.3) is 0 Å². The van der Waals surface area contributed by atoms with E-state index in [1.165, 1.54) is 18.4 Å². The maximum absolute atomic E-state index is 11.9. The maximum atomic E-state index is 11.9. The lowest BCUT2D eigenvalue weighted by atomic mass is 9.72. The zero-order valence-corrected chi connectivity index (χ0v) is 12.5. The van der Waals surface area contributed by atoms with Gasteiger partial charge in [0.1, 0.15) is 11.2 Å². The normalized spacial score (nSPS) is 25.7. The molecule has 0 spiro atoms. The lowest BCUT2D eigenvalue weighted by Crippen LogP contribution is -2.46. The van der Waals surface area contributed by atoms with Crippen LogP contribution in [-0.2, 0) is 9.53 Å². The monoisotopic (exact) mass is 252 g/mol. The summed E-state index contributed by atoms with van der Waals surface area (Å²) in [6.07, 6.45) is 8.58. The van der Waals surface area contributed by atoms with Gasteiger partial charge in [-0.1, -0.05) is 47.0 Å². The Kier molecular flexibility index (Phi) is 5.90. The van der Waals surface area contributed by atoms with E-state index in [9.17, 15) is 4.79 Å². The smallest absolute Gasteiger partial charge is 0.324 e. The molecule has 1 aliphatic heterocycles. The van der Waals surface area contributed by atoms with Gasteiger partial charge in [0, 0.05) is 0 Å². The number of cyclic esters (lactones) is 1. The van der Waals surface area contributed by atoms with Crippen molar-refractivity contribution in [1.82, 2.24) is 0 Å². The van der Waals surface area contributed by atoms with Crippen LogP contribution in [0, 0.1) is 5.41 Å². The second kappa shape index (κ2) is 6.96.